The Bertz CT molecular complexity index is 545. The fourth-order valence-electron chi connectivity index (χ4n) is 1.46. The second-order valence-corrected chi connectivity index (χ2v) is 3.70. The normalized spacial score (nSPS) is 12.4. The lowest BCUT2D eigenvalue weighted by Gasteiger charge is -1.98. The van der Waals surface area contributed by atoms with Crippen molar-refractivity contribution in [1.82, 2.24) is 0 Å². The third kappa shape index (κ3) is 3.22. The Morgan fingerprint density at radius 1 is 1.32 bits per heavy atom. The summed E-state index contributed by atoms with van der Waals surface area (Å²) in [5, 5.41) is 0. The van der Waals surface area contributed by atoms with Crippen LogP contribution in [0.2, 0.25) is 0 Å². The molecule has 0 N–H and O–H groups in total. The topological polar surface area (TPSA) is 61.8 Å². The molecule has 5 nitrogen and oxygen atoms in total. The van der Waals surface area contributed by atoms with Crippen molar-refractivity contribution in [3.8, 4) is 11.5 Å². The Morgan fingerprint density at radius 3 is 2.89 bits per heavy atom. The summed E-state index contributed by atoms with van der Waals surface area (Å²) < 4.78 is 15.0. The van der Waals surface area contributed by atoms with Crippen LogP contribution in [0.1, 0.15) is 5.56 Å². The lowest BCUT2D eigenvalue weighted by molar-refractivity contribution is -0.150. The number of hydrogen-bond donors (Lipinski definition) is 0. The molecule has 98 valence electrons. The molecule has 0 bridgehead atoms. The molecule has 0 aliphatic carbocycles. The number of ketones is 1. The zero-order valence-corrected chi connectivity index (χ0v) is 10.1. The van der Waals surface area contributed by atoms with Gasteiger partial charge in [0.2, 0.25) is 6.79 Å². The van der Waals surface area contributed by atoms with Gasteiger partial charge in [0, 0.05) is 0 Å². The molecular formula is C14H12O5. The Morgan fingerprint density at radius 2 is 2.11 bits per heavy atom. The summed E-state index contributed by atoms with van der Waals surface area (Å²) in [6, 6.07) is 5.22. The molecule has 1 heterocycles. The molecule has 5 heteroatoms. The van der Waals surface area contributed by atoms with Crippen LogP contribution in [0.25, 0.3) is 6.08 Å². The zero-order valence-electron chi connectivity index (χ0n) is 10.1. The van der Waals surface area contributed by atoms with Gasteiger partial charge in [0.1, 0.15) is 6.61 Å². The van der Waals surface area contributed by atoms with Gasteiger partial charge in [0.05, 0.1) is 0 Å². The average Bonchev–Trinajstić information content (AvgIpc) is 2.89. The van der Waals surface area contributed by atoms with Crippen molar-refractivity contribution < 1.29 is 23.8 Å². The minimum Gasteiger partial charge on any atom is -0.455 e. The van der Waals surface area contributed by atoms with Crippen LogP contribution in [0.3, 0.4) is 0 Å². The maximum absolute atomic E-state index is 11.4. The van der Waals surface area contributed by atoms with Crippen molar-refractivity contribution in [2.75, 3.05) is 13.4 Å². The van der Waals surface area contributed by atoms with Gasteiger partial charge in [-0.2, -0.15) is 0 Å². The van der Waals surface area contributed by atoms with Crippen LogP contribution in [-0.2, 0) is 14.3 Å². The van der Waals surface area contributed by atoms with Crippen molar-refractivity contribution in [2.45, 2.75) is 0 Å². The quantitative estimate of drug-likeness (QED) is 0.349. The van der Waals surface area contributed by atoms with Crippen molar-refractivity contribution >= 4 is 17.8 Å². The van der Waals surface area contributed by atoms with E-state index in [2.05, 4.69) is 11.3 Å². The van der Waals surface area contributed by atoms with Gasteiger partial charge in [-0.25, -0.2) is 4.79 Å². The van der Waals surface area contributed by atoms with Crippen LogP contribution in [0, 0.1) is 0 Å². The Balaban J connectivity index is 2.00. The van der Waals surface area contributed by atoms with Crippen molar-refractivity contribution in [1.29, 1.82) is 0 Å². The van der Waals surface area contributed by atoms with Crippen LogP contribution in [0.4, 0.5) is 0 Å². The molecular weight excluding hydrogens is 248 g/mol. The minimum atomic E-state index is -0.906. The fourth-order valence-corrected chi connectivity index (χ4v) is 1.46. The van der Waals surface area contributed by atoms with E-state index in [4.69, 9.17) is 9.47 Å². The highest BCUT2D eigenvalue weighted by Crippen LogP contribution is 2.32. The third-order valence-electron chi connectivity index (χ3n) is 2.36. The van der Waals surface area contributed by atoms with Crippen LogP contribution >= 0.6 is 0 Å². The molecule has 2 rings (SSSR count). The first kappa shape index (κ1) is 12.9. The number of carbonyl (C=O) groups excluding carboxylic acids is 2. The number of benzene rings is 1. The van der Waals surface area contributed by atoms with E-state index in [0.29, 0.717) is 11.5 Å². The maximum atomic E-state index is 11.4. The van der Waals surface area contributed by atoms with Gasteiger partial charge in [-0.3, -0.25) is 4.79 Å². The number of fused-ring (bicyclic) bond motifs is 1. The summed E-state index contributed by atoms with van der Waals surface area (Å²) in [5.74, 6) is -0.353. The smallest absolute Gasteiger partial charge is 0.379 e. The van der Waals surface area contributed by atoms with E-state index in [-0.39, 0.29) is 13.4 Å². The summed E-state index contributed by atoms with van der Waals surface area (Å²) in [6.45, 7) is 3.59. The lowest BCUT2D eigenvalue weighted by atomic mass is 10.1. The standard InChI is InChI=1S/C14H12O5/c1-2-7-17-14(16)11(15)5-3-10-4-6-12-13(8-10)19-9-18-12/h2-6,8H,1,7,9H2/b5-3+. The highest BCUT2D eigenvalue weighted by Gasteiger charge is 2.13. The van der Waals surface area contributed by atoms with E-state index in [9.17, 15) is 9.59 Å². The van der Waals surface area contributed by atoms with Gasteiger partial charge < -0.3 is 14.2 Å². The SMILES string of the molecule is C=CCOC(=O)C(=O)/C=C/c1ccc2c(c1)OCO2. The monoisotopic (exact) mass is 260 g/mol. The zero-order chi connectivity index (χ0) is 13.7. The fraction of sp³-hybridized carbons (Fsp3) is 0.143. The van der Waals surface area contributed by atoms with Crippen LogP contribution < -0.4 is 9.47 Å². The predicted octanol–water partition coefficient (Wildman–Crippen LogP) is 1.73. The van der Waals surface area contributed by atoms with Gasteiger partial charge in [0.15, 0.2) is 11.5 Å². The lowest BCUT2D eigenvalue weighted by Crippen LogP contribution is -2.14. The molecule has 0 radical (unpaired) electrons. The average molecular weight is 260 g/mol. The first-order valence-corrected chi connectivity index (χ1v) is 5.60. The molecule has 1 aliphatic rings. The second-order valence-electron chi connectivity index (χ2n) is 3.70. The van der Waals surface area contributed by atoms with E-state index < -0.39 is 11.8 Å². The van der Waals surface area contributed by atoms with Gasteiger partial charge >= 0.3 is 5.97 Å². The summed E-state index contributed by atoms with van der Waals surface area (Å²) in [5.41, 5.74) is 0.731. The Kier molecular flexibility index (Phi) is 3.97. The molecule has 1 aliphatic heterocycles. The molecule has 0 spiro atoms. The summed E-state index contributed by atoms with van der Waals surface area (Å²) in [7, 11) is 0. The van der Waals surface area contributed by atoms with Gasteiger partial charge in [-0.1, -0.05) is 24.8 Å². The van der Waals surface area contributed by atoms with E-state index in [1.165, 1.54) is 12.2 Å². The van der Waals surface area contributed by atoms with Gasteiger partial charge in [0.25, 0.3) is 5.78 Å². The molecule has 19 heavy (non-hydrogen) atoms. The Labute approximate surface area is 110 Å². The van der Waals surface area contributed by atoms with Crippen molar-refractivity contribution in [2.24, 2.45) is 0 Å². The maximum Gasteiger partial charge on any atom is 0.379 e. The van der Waals surface area contributed by atoms with Crippen LogP contribution in [0.15, 0.2) is 36.9 Å². The molecule has 0 aromatic heterocycles. The number of ether oxygens (including phenoxy) is 3. The van der Waals surface area contributed by atoms with E-state index in [1.54, 1.807) is 18.2 Å². The number of esters is 1. The highest BCUT2D eigenvalue weighted by atomic mass is 16.7. The molecule has 0 atom stereocenters. The Hall–Kier alpha value is -2.56. The minimum absolute atomic E-state index is 0.0163. The van der Waals surface area contributed by atoms with E-state index >= 15 is 0 Å². The third-order valence-corrected chi connectivity index (χ3v) is 2.36. The summed E-state index contributed by atoms with van der Waals surface area (Å²) >= 11 is 0. The molecule has 0 saturated carbocycles. The summed E-state index contributed by atoms with van der Waals surface area (Å²) in [4.78, 5) is 22.6. The molecule has 0 unspecified atom stereocenters. The molecule has 1 aromatic carbocycles. The second kappa shape index (κ2) is 5.86. The largest absolute Gasteiger partial charge is 0.455 e. The van der Waals surface area contributed by atoms with Gasteiger partial charge in [-0.15, -0.1) is 0 Å². The van der Waals surface area contributed by atoms with Crippen molar-refractivity contribution in [3.05, 3.63) is 42.5 Å². The first-order chi connectivity index (χ1) is 9.20. The van der Waals surface area contributed by atoms with Gasteiger partial charge in [-0.05, 0) is 23.8 Å². The molecule has 1 aromatic rings. The van der Waals surface area contributed by atoms with Crippen LogP contribution in [-0.4, -0.2) is 25.2 Å². The van der Waals surface area contributed by atoms with Crippen LogP contribution in [0.5, 0.6) is 11.5 Å². The first-order valence-electron chi connectivity index (χ1n) is 5.60. The molecule has 0 fully saturated rings. The molecule has 0 amide bonds. The van der Waals surface area contributed by atoms with Crippen molar-refractivity contribution in [3.63, 3.8) is 0 Å². The predicted molar refractivity (Wildman–Crippen MR) is 67.8 cm³/mol. The van der Waals surface area contributed by atoms with E-state index in [1.807, 2.05) is 0 Å². The molecule has 0 saturated heterocycles. The summed E-state index contributed by atoms with van der Waals surface area (Å²) in [6.07, 6.45) is 4.06. The number of rotatable bonds is 5. The number of hydrogen-bond acceptors (Lipinski definition) is 5. The van der Waals surface area contributed by atoms with E-state index in [0.717, 1.165) is 11.6 Å². The number of carbonyl (C=O) groups is 2. The highest BCUT2D eigenvalue weighted by molar-refractivity contribution is 6.39.